The summed E-state index contributed by atoms with van der Waals surface area (Å²) < 4.78 is 5.36. The van der Waals surface area contributed by atoms with Crippen molar-refractivity contribution in [2.45, 2.75) is 27.2 Å². The summed E-state index contributed by atoms with van der Waals surface area (Å²) in [6.07, 6.45) is 0.357. The predicted octanol–water partition coefficient (Wildman–Crippen LogP) is 3.10. The van der Waals surface area contributed by atoms with Crippen LogP contribution in [0, 0.1) is 17.2 Å². The lowest BCUT2D eigenvalue weighted by Crippen LogP contribution is -2.35. The van der Waals surface area contributed by atoms with Crippen molar-refractivity contribution in [1.82, 2.24) is 4.90 Å². The molecule has 0 N–H and O–H groups in total. The number of rotatable bonds is 7. The largest absolute Gasteiger partial charge is 0.494 e. The van der Waals surface area contributed by atoms with Gasteiger partial charge in [-0.05, 0) is 37.1 Å². The fraction of sp³-hybridized carbons (Fsp3) is 0.500. The van der Waals surface area contributed by atoms with E-state index < -0.39 is 0 Å². The maximum atomic E-state index is 12.4. The second-order valence-corrected chi connectivity index (χ2v) is 5.01. The van der Waals surface area contributed by atoms with Gasteiger partial charge in [-0.1, -0.05) is 13.8 Å². The van der Waals surface area contributed by atoms with Gasteiger partial charge in [0.05, 0.1) is 19.1 Å². The third-order valence-electron chi connectivity index (χ3n) is 2.78. The first kappa shape index (κ1) is 16.0. The van der Waals surface area contributed by atoms with Crippen LogP contribution in [0.1, 0.15) is 37.6 Å². The highest BCUT2D eigenvalue weighted by atomic mass is 16.5. The molecule has 0 heterocycles. The van der Waals surface area contributed by atoms with Gasteiger partial charge in [0.2, 0.25) is 0 Å². The highest BCUT2D eigenvalue weighted by Gasteiger charge is 2.16. The van der Waals surface area contributed by atoms with Gasteiger partial charge in [0.15, 0.2) is 0 Å². The molecule has 1 aromatic carbocycles. The molecular formula is C16H22N2O2. The van der Waals surface area contributed by atoms with Crippen molar-refractivity contribution < 1.29 is 9.53 Å². The van der Waals surface area contributed by atoms with Gasteiger partial charge < -0.3 is 9.64 Å². The Hall–Kier alpha value is -2.02. The van der Waals surface area contributed by atoms with Gasteiger partial charge in [0.25, 0.3) is 5.91 Å². The summed E-state index contributed by atoms with van der Waals surface area (Å²) in [6, 6.07) is 9.23. The molecule has 108 valence electrons. The standard InChI is InChI=1S/C16H22N2O2/c1-4-20-15-8-6-14(7-9-15)16(19)18(11-5-10-17)12-13(2)3/h6-9,13H,4-5,11-12H2,1-3H3. The molecule has 0 saturated carbocycles. The number of hydrogen-bond acceptors (Lipinski definition) is 3. The zero-order valence-corrected chi connectivity index (χ0v) is 12.4. The Bertz CT molecular complexity index is 460. The molecule has 0 radical (unpaired) electrons. The Morgan fingerprint density at radius 1 is 1.35 bits per heavy atom. The molecule has 1 amide bonds. The van der Waals surface area contributed by atoms with Gasteiger partial charge in [-0.3, -0.25) is 4.79 Å². The zero-order valence-electron chi connectivity index (χ0n) is 12.4. The topological polar surface area (TPSA) is 53.3 Å². The molecule has 0 aromatic heterocycles. The summed E-state index contributed by atoms with van der Waals surface area (Å²) in [5.74, 6) is 1.11. The Kier molecular flexibility index (Phi) is 6.58. The molecule has 1 rings (SSSR count). The number of ether oxygens (including phenoxy) is 1. The molecule has 0 saturated heterocycles. The molecule has 0 unspecified atom stereocenters. The van der Waals surface area contributed by atoms with Gasteiger partial charge in [0, 0.05) is 18.7 Å². The number of hydrogen-bond donors (Lipinski definition) is 0. The molecule has 4 nitrogen and oxygen atoms in total. The summed E-state index contributed by atoms with van der Waals surface area (Å²) in [7, 11) is 0. The van der Waals surface area contributed by atoms with Crippen molar-refractivity contribution in [2.75, 3.05) is 19.7 Å². The Labute approximate surface area is 121 Å². The lowest BCUT2D eigenvalue weighted by molar-refractivity contribution is 0.0740. The number of carbonyl (C=O) groups is 1. The third-order valence-corrected chi connectivity index (χ3v) is 2.78. The van der Waals surface area contributed by atoms with E-state index in [1.165, 1.54) is 0 Å². The van der Waals surface area contributed by atoms with Crippen LogP contribution in [-0.2, 0) is 0 Å². The van der Waals surface area contributed by atoms with Crippen molar-refractivity contribution in [1.29, 1.82) is 5.26 Å². The normalized spacial score (nSPS) is 10.2. The highest BCUT2D eigenvalue weighted by Crippen LogP contribution is 2.14. The van der Waals surface area contributed by atoms with Crippen LogP contribution in [0.2, 0.25) is 0 Å². The minimum atomic E-state index is -0.0306. The molecule has 0 atom stereocenters. The Balaban J connectivity index is 2.79. The maximum Gasteiger partial charge on any atom is 0.253 e. The van der Waals surface area contributed by atoms with Crippen LogP contribution < -0.4 is 4.74 Å². The van der Waals surface area contributed by atoms with Crippen molar-refractivity contribution in [3.8, 4) is 11.8 Å². The molecule has 4 heteroatoms. The molecular weight excluding hydrogens is 252 g/mol. The summed E-state index contributed by atoms with van der Waals surface area (Å²) in [5.41, 5.74) is 0.632. The van der Waals surface area contributed by atoms with Crippen LogP contribution in [0.3, 0.4) is 0 Å². The van der Waals surface area contributed by atoms with Crippen molar-refractivity contribution >= 4 is 5.91 Å². The average Bonchev–Trinajstić information content (AvgIpc) is 2.43. The molecule has 0 aliphatic rings. The number of benzene rings is 1. The van der Waals surface area contributed by atoms with E-state index in [0.717, 1.165) is 5.75 Å². The van der Waals surface area contributed by atoms with Crippen LogP contribution in [-0.4, -0.2) is 30.5 Å². The van der Waals surface area contributed by atoms with Gasteiger partial charge >= 0.3 is 0 Å². The third kappa shape index (κ3) is 4.93. The molecule has 0 aliphatic carbocycles. The van der Waals surface area contributed by atoms with E-state index in [1.54, 1.807) is 29.2 Å². The van der Waals surface area contributed by atoms with Crippen LogP contribution >= 0.6 is 0 Å². The number of carbonyl (C=O) groups excluding carboxylic acids is 1. The molecule has 0 spiro atoms. The van der Waals surface area contributed by atoms with Gasteiger partial charge in [-0.15, -0.1) is 0 Å². The average molecular weight is 274 g/mol. The first-order valence-electron chi connectivity index (χ1n) is 6.97. The summed E-state index contributed by atoms with van der Waals surface area (Å²) in [4.78, 5) is 14.2. The van der Waals surface area contributed by atoms with Crippen molar-refractivity contribution in [2.24, 2.45) is 5.92 Å². The van der Waals surface area contributed by atoms with Crippen LogP contribution in [0.25, 0.3) is 0 Å². The smallest absolute Gasteiger partial charge is 0.253 e. The van der Waals surface area contributed by atoms with Gasteiger partial charge in [-0.25, -0.2) is 0 Å². The number of nitrogens with zero attached hydrogens (tertiary/aromatic N) is 2. The first-order chi connectivity index (χ1) is 9.58. The quantitative estimate of drug-likeness (QED) is 0.767. The SMILES string of the molecule is CCOc1ccc(C(=O)N(CCC#N)CC(C)C)cc1. The molecule has 20 heavy (non-hydrogen) atoms. The Morgan fingerprint density at radius 3 is 2.50 bits per heavy atom. The van der Waals surface area contributed by atoms with Gasteiger partial charge in [0.1, 0.15) is 5.75 Å². The van der Waals surface area contributed by atoms with E-state index in [9.17, 15) is 4.79 Å². The predicted molar refractivity (Wildman–Crippen MR) is 78.6 cm³/mol. The minimum absolute atomic E-state index is 0.0306. The molecule has 0 bridgehead atoms. The highest BCUT2D eigenvalue weighted by molar-refractivity contribution is 5.94. The van der Waals surface area contributed by atoms with Crippen LogP contribution in [0.4, 0.5) is 0 Å². The lowest BCUT2D eigenvalue weighted by Gasteiger charge is -2.23. The molecule has 0 fully saturated rings. The molecule has 0 aliphatic heterocycles. The summed E-state index contributed by atoms with van der Waals surface area (Å²) in [6.45, 7) is 7.78. The minimum Gasteiger partial charge on any atom is -0.494 e. The van der Waals surface area contributed by atoms with Crippen molar-refractivity contribution in [3.05, 3.63) is 29.8 Å². The fourth-order valence-corrected chi connectivity index (χ4v) is 1.94. The van der Waals surface area contributed by atoms with E-state index in [1.807, 2.05) is 6.92 Å². The molecule has 1 aromatic rings. The van der Waals surface area contributed by atoms with E-state index in [2.05, 4.69) is 19.9 Å². The lowest BCUT2D eigenvalue weighted by atomic mass is 10.1. The van der Waals surface area contributed by atoms with Gasteiger partial charge in [-0.2, -0.15) is 5.26 Å². The monoisotopic (exact) mass is 274 g/mol. The van der Waals surface area contributed by atoms with Crippen LogP contribution in [0.15, 0.2) is 24.3 Å². The summed E-state index contributed by atoms with van der Waals surface area (Å²) >= 11 is 0. The van der Waals surface area contributed by atoms with Crippen LogP contribution in [0.5, 0.6) is 5.75 Å². The summed E-state index contributed by atoms with van der Waals surface area (Å²) in [5, 5.41) is 8.69. The number of nitriles is 1. The second-order valence-electron chi connectivity index (χ2n) is 5.01. The first-order valence-corrected chi connectivity index (χ1v) is 6.97. The van der Waals surface area contributed by atoms with E-state index in [-0.39, 0.29) is 5.91 Å². The second kappa shape index (κ2) is 8.21. The van der Waals surface area contributed by atoms with E-state index >= 15 is 0 Å². The maximum absolute atomic E-state index is 12.4. The zero-order chi connectivity index (χ0) is 15.0. The van der Waals surface area contributed by atoms with E-state index in [0.29, 0.717) is 37.6 Å². The Morgan fingerprint density at radius 2 is 2.00 bits per heavy atom. The van der Waals surface area contributed by atoms with Crippen molar-refractivity contribution in [3.63, 3.8) is 0 Å². The number of amides is 1. The fourth-order valence-electron chi connectivity index (χ4n) is 1.94. The van der Waals surface area contributed by atoms with E-state index in [4.69, 9.17) is 10.00 Å².